The van der Waals surface area contributed by atoms with Gasteiger partial charge in [0, 0.05) is 19.3 Å². The van der Waals surface area contributed by atoms with E-state index in [4.69, 9.17) is 5.26 Å². The van der Waals surface area contributed by atoms with E-state index in [2.05, 4.69) is 24.9 Å². The summed E-state index contributed by atoms with van der Waals surface area (Å²) in [6.07, 6.45) is 1.36. The van der Waals surface area contributed by atoms with Gasteiger partial charge < -0.3 is 4.90 Å². The van der Waals surface area contributed by atoms with Gasteiger partial charge in [-0.15, -0.1) is 0 Å². The van der Waals surface area contributed by atoms with Gasteiger partial charge >= 0.3 is 0 Å². The molecule has 2 rings (SSSR count). The molecule has 0 aliphatic heterocycles. The normalized spacial score (nSPS) is 23.3. The highest BCUT2D eigenvalue weighted by Crippen LogP contribution is 2.38. The van der Waals surface area contributed by atoms with Crippen LogP contribution in [0.15, 0.2) is 24.3 Å². The van der Waals surface area contributed by atoms with Crippen molar-refractivity contribution < 1.29 is 0 Å². The molecule has 0 aromatic heterocycles. The van der Waals surface area contributed by atoms with Crippen LogP contribution in [0, 0.1) is 23.2 Å². The topological polar surface area (TPSA) is 27.0 Å². The Labute approximate surface area is 91.1 Å². The summed E-state index contributed by atoms with van der Waals surface area (Å²) in [5, 5.41) is 8.69. The van der Waals surface area contributed by atoms with E-state index in [1.165, 1.54) is 12.1 Å². The third-order valence-corrected chi connectivity index (χ3v) is 3.22. The molecule has 1 aromatic rings. The summed E-state index contributed by atoms with van der Waals surface area (Å²) in [7, 11) is 2.12. The first-order valence-corrected chi connectivity index (χ1v) is 5.42. The van der Waals surface area contributed by atoms with Crippen LogP contribution < -0.4 is 4.90 Å². The molecule has 1 aliphatic carbocycles. The number of anilines is 1. The molecule has 15 heavy (non-hydrogen) atoms. The monoisotopic (exact) mass is 200 g/mol. The Balaban J connectivity index is 1.99. The second-order valence-electron chi connectivity index (χ2n) is 4.51. The molecule has 2 nitrogen and oxygen atoms in total. The van der Waals surface area contributed by atoms with Crippen LogP contribution in [0.25, 0.3) is 0 Å². The fourth-order valence-corrected chi connectivity index (χ4v) is 1.90. The highest BCUT2D eigenvalue weighted by molar-refractivity contribution is 5.49. The van der Waals surface area contributed by atoms with Crippen molar-refractivity contribution in [2.45, 2.75) is 13.3 Å². The van der Waals surface area contributed by atoms with Gasteiger partial charge in [-0.25, -0.2) is 0 Å². The quantitative estimate of drug-likeness (QED) is 0.750. The van der Waals surface area contributed by atoms with Gasteiger partial charge in [0.15, 0.2) is 0 Å². The highest BCUT2D eigenvalue weighted by Gasteiger charge is 2.33. The molecule has 0 spiro atoms. The molecule has 2 atom stereocenters. The first-order chi connectivity index (χ1) is 7.20. The minimum Gasteiger partial charge on any atom is -0.374 e. The van der Waals surface area contributed by atoms with Crippen LogP contribution in [0.5, 0.6) is 0 Å². The molecule has 0 saturated heterocycles. The van der Waals surface area contributed by atoms with E-state index in [1.807, 2.05) is 24.3 Å². The van der Waals surface area contributed by atoms with Gasteiger partial charge in [-0.3, -0.25) is 0 Å². The summed E-state index contributed by atoms with van der Waals surface area (Å²) in [4.78, 5) is 2.27. The number of hydrogen-bond acceptors (Lipinski definition) is 2. The van der Waals surface area contributed by atoms with Gasteiger partial charge in [0.05, 0.1) is 11.6 Å². The van der Waals surface area contributed by atoms with E-state index in [0.717, 1.165) is 23.9 Å². The van der Waals surface area contributed by atoms with Crippen molar-refractivity contribution in [3.8, 4) is 6.07 Å². The van der Waals surface area contributed by atoms with Gasteiger partial charge in [0.25, 0.3) is 0 Å². The molecule has 0 heterocycles. The maximum atomic E-state index is 8.69. The average molecular weight is 200 g/mol. The molecule has 0 amide bonds. The number of benzene rings is 1. The third-order valence-electron chi connectivity index (χ3n) is 3.22. The molecule has 2 unspecified atom stereocenters. The zero-order chi connectivity index (χ0) is 10.8. The van der Waals surface area contributed by atoms with Gasteiger partial charge in [0.2, 0.25) is 0 Å². The summed E-state index contributed by atoms with van der Waals surface area (Å²) in [5.74, 6) is 1.76. The van der Waals surface area contributed by atoms with E-state index in [1.54, 1.807) is 0 Å². The average Bonchev–Trinajstić information content (AvgIpc) is 2.94. The predicted molar refractivity (Wildman–Crippen MR) is 61.7 cm³/mol. The molecule has 1 aliphatic rings. The lowest BCUT2D eigenvalue weighted by Gasteiger charge is -2.19. The lowest BCUT2D eigenvalue weighted by atomic mass is 10.2. The largest absolute Gasteiger partial charge is 0.374 e. The molecule has 1 aromatic carbocycles. The second-order valence-corrected chi connectivity index (χ2v) is 4.51. The fourth-order valence-electron chi connectivity index (χ4n) is 1.90. The molecule has 0 radical (unpaired) electrons. The SMILES string of the molecule is CC1CC1CN(C)c1ccc(C#N)cc1. The minimum absolute atomic E-state index is 0.729. The lowest BCUT2D eigenvalue weighted by molar-refractivity contribution is 0.725. The van der Waals surface area contributed by atoms with E-state index in [0.29, 0.717) is 0 Å². The van der Waals surface area contributed by atoms with Crippen molar-refractivity contribution in [1.29, 1.82) is 5.26 Å². The number of nitriles is 1. The first-order valence-electron chi connectivity index (χ1n) is 5.42. The molecular formula is C13H16N2. The third kappa shape index (κ3) is 2.30. The van der Waals surface area contributed by atoms with E-state index >= 15 is 0 Å². The standard InChI is InChI=1S/C13H16N2/c1-10-7-12(10)9-15(2)13-5-3-11(8-14)4-6-13/h3-6,10,12H,7,9H2,1-2H3. The van der Waals surface area contributed by atoms with Gasteiger partial charge in [0.1, 0.15) is 0 Å². The molecule has 0 bridgehead atoms. The van der Waals surface area contributed by atoms with Crippen molar-refractivity contribution in [2.24, 2.45) is 11.8 Å². The molecular weight excluding hydrogens is 184 g/mol. The van der Waals surface area contributed by atoms with Crippen LogP contribution in [0.2, 0.25) is 0 Å². The van der Waals surface area contributed by atoms with Crippen LogP contribution in [0.4, 0.5) is 5.69 Å². The summed E-state index contributed by atoms with van der Waals surface area (Å²) in [6, 6.07) is 9.93. The van der Waals surface area contributed by atoms with Crippen molar-refractivity contribution in [1.82, 2.24) is 0 Å². The Kier molecular flexibility index (Phi) is 2.64. The van der Waals surface area contributed by atoms with Gasteiger partial charge in [-0.2, -0.15) is 5.26 Å². The predicted octanol–water partition coefficient (Wildman–Crippen LogP) is 2.65. The number of rotatable bonds is 3. The minimum atomic E-state index is 0.729. The Morgan fingerprint density at radius 3 is 2.47 bits per heavy atom. The molecule has 0 N–H and O–H groups in total. The fraction of sp³-hybridized carbons (Fsp3) is 0.462. The maximum absolute atomic E-state index is 8.69. The van der Waals surface area contributed by atoms with Gasteiger partial charge in [-0.05, 0) is 42.5 Å². The molecule has 2 heteroatoms. The highest BCUT2D eigenvalue weighted by atomic mass is 15.1. The summed E-state index contributed by atoms with van der Waals surface area (Å²) in [6.45, 7) is 3.43. The Bertz CT molecular complexity index is 375. The van der Waals surface area contributed by atoms with Crippen molar-refractivity contribution in [3.05, 3.63) is 29.8 Å². The first kappa shape index (κ1) is 10.0. The van der Waals surface area contributed by atoms with Crippen LogP contribution >= 0.6 is 0 Å². The van der Waals surface area contributed by atoms with Crippen LogP contribution in [-0.2, 0) is 0 Å². The van der Waals surface area contributed by atoms with Crippen molar-refractivity contribution >= 4 is 5.69 Å². The van der Waals surface area contributed by atoms with Crippen LogP contribution in [0.3, 0.4) is 0 Å². The van der Waals surface area contributed by atoms with Crippen molar-refractivity contribution in [3.63, 3.8) is 0 Å². The molecule has 1 saturated carbocycles. The maximum Gasteiger partial charge on any atom is 0.0991 e. The Morgan fingerprint density at radius 2 is 2.00 bits per heavy atom. The number of hydrogen-bond donors (Lipinski definition) is 0. The molecule has 78 valence electrons. The van der Waals surface area contributed by atoms with Crippen molar-refractivity contribution in [2.75, 3.05) is 18.5 Å². The smallest absolute Gasteiger partial charge is 0.0991 e. The summed E-state index contributed by atoms with van der Waals surface area (Å²) >= 11 is 0. The Morgan fingerprint density at radius 1 is 1.40 bits per heavy atom. The summed E-state index contributed by atoms with van der Waals surface area (Å²) < 4.78 is 0. The number of nitrogens with zero attached hydrogens (tertiary/aromatic N) is 2. The Hall–Kier alpha value is -1.49. The summed E-state index contributed by atoms with van der Waals surface area (Å²) in [5.41, 5.74) is 1.93. The van der Waals surface area contributed by atoms with E-state index < -0.39 is 0 Å². The van der Waals surface area contributed by atoms with E-state index in [-0.39, 0.29) is 0 Å². The second kappa shape index (κ2) is 3.94. The molecule has 1 fully saturated rings. The lowest BCUT2D eigenvalue weighted by Crippen LogP contribution is -2.20. The van der Waals surface area contributed by atoms with Gasteiger partial charge in [-0.1, -0.05) is 6.92 Å². The van der Waals surface area contributed by atoms with Crippen LogP contribution in [-0.4, -0.2) is 13.6 Å². The van der Waals surface area contributed by atoms with Crippen LogP contribution in [0.1, 0.15) is 18.9 Å². The van der Waals surface area contributed by atoms with E-state index in [9.17, 15) is 0 Å². The zero-order valence-electron chi connectivity index (χ0n) is 9.27. The zero-order valence-corrected chi connectivity index (χ0v) is 9.27.